The molecule has 3 N–H and O–H groups in total. The number of aliphatic hydroxyl groups excluding tert-OH is 1. The minimum atomic E-state index is -0.374. The number of benzene rings is 1. The molecule has 1 atom stereocenters. The number of amides is 3. The highest BCUT2D eigenvalue weighted by Crippen LogP contribution is 2.31. The lowest BCUT2D eigenvalue weighted by Gasteiger charge is -2.24. The second-order valence-electron chi connectivity index (χ2n) is 8.40. The van der Waals surface area contributed by atoms with E-state index in [0.29, 0.717) is 40.7 Å². The number of likely N-dealkylation sites (tertiary alicyclic amines) is 1. The Hall–Kier alpha value is -3.33. The van der Waals surface area contributed by atoms with Crippen LogP contribution in [0.1, 0.15) is 48.2 Å². The lowest BCUT2D eigenvalue weighted by atomic mass is 10.1. The van der Waals surface area contributed by atoms with E-state index in [0.717, 1.165) is 18.4 Å². The Morgan fingerprint density at radius 3 is 2.67 bits per heavy atom. The van der Waals surface area contributed by atoms with Gasteiger partial charge in [0, 0.05) is 24.5 Å². The van der Waals surface area contributed by atoms with Crippen LogP contribution in [-0.4, -0.2) is 59.3 Å². The van der Waals surface area contributed by atoms with Crippen LogP contribution < -0.4 is 20.1 Å². The Kier molecular flexibility index (Phi) is 7.75. The Morgan fingerprint density at radius 2 is 2.00 bits per heavy atom. The highest BCUT2D eigenvalue weighted by Gasteiger charge is 2.29. The van der Waals surface area contributed by atoms with Crippen molar-refractivity contribution >= 4 is 23.3 Å². The molecule has 2 aromatic rings. The van der Waals surface area contributed by atoms with Crippen molar-refractivity contribution in [3.63, 3.8) is 0 Å². The Bertz CT molecular complexity index is 1020. The maximum absolute atomic E-state index is 13.2. The van der Waals surface area contributed by atoms with Crippen molar-refractivity contribution in [3.05, 3.63) is 41.1 Å². The van der Waals surface area contributed by atoms with Crippen LogP contribution in [0.4, 0.5) is 16.2 Å². The van der Waals surface area contributed by atoms with E-state index >= 15 is 0 Å². The molecule has 1 aliphatic rings. The average Bonchev–Trinajstić information content (AvgIpc) is 3.25. The standard InChI is InChI=1S/C24H32N4O5/c1-14(2)33-20-12-19(26-24(31)28-10-6-7-17(28)13-29)16(4)11-18(20)22(30)27-21-15(3)8-9-25-23(21)32-5/h8-9,11-12,14,17,29H,6-7,10,13H2,1-5H3,(H,26,31)(H,27,30)/t17-/m1/s1. The highest BCUT2D eigenvalue weighted by atomic mass is 16.5. The summed E-state index contributed by atoms with van der Waals surface area (Å²) >= 11 is 0. The number of rotatable bonds is 7. The fraction of sp³-hybridized carbons (Fsp3) is 0.458. The number of hydrogen-bond donors (Lipinski definition) is 3. The highest BCUT2D eigenvalue weighted by molar-refractivity contribution is 6.08. The first-order chi connectivity index (χ1) is 15.7. The van der Waals surface area contributed by atoms with E-state index in [1.54, 1.807) is 29.3 Å². The van der Waals surface area contributed by atoms with Gasteiger partial charge in [-0.05, 0) is 63.8 Å². The number of hydrogen-bond acceptors (Lipinski definition) is 6. The molecule has 9 nitrogen and oxygen atoms in total. The molecule has 9 heteroatoms. The quantitative estimate of drug-likeness (QED) is 0.585. The molecule has 1 aromatic heterocycles. The molecule has 0 saturated carbocycles. The van der Waals surface area contributed by atoms with Crippen LogP contribution in [0.25, 0.3) is 0 Å². The van der Waals surface area contributed by atoms with Gasteiger partial charge in [0.1, 0.15) is 11.4 Å². The van der Waals surface area contributed by atoms with Crippen molar-refractivity contribution in [3.8, 4) is 11.6 Å². The van der Waals surface area contributed by atoms with E-state index in [1.165, 1.54) is 7.11 Å². The van der Waals surface area contributed by atoms with Gasteiger partial charge in [-0.3, -0.25) is 4.79 Å². The van der Waals surface area contributed by atoms with Gasteiger partial charge < -0.3 is 30.1 Å². The monoisotopic (exact) mass is 456 g/mol. The third-order valence-corrected chi connectivity index (χ3v) is 5.58. The summed E-state index contributed by atoms with van der Waals surface area (Å²) in [5, 5.41) is 15.3. The zero-order valence-electron chi connectivity index (χ0n) is 19.8. The number of aromatic nitrogens is 1. The van der Waals surface area contributed by atoms with Crippen LogP contribution in [-0.2, 0) is 0 Å². The molecular formula is C24H32N4O5. The van der Waals surface area contributed by atoms with E-state index < -0.39 is 0 Å². The van der Waals surface area contributed by atoms with Crippen LogP contribution in [0.3, 0.4) is 0 Å². The van der Waals surface area contributed by atoms with Crippen molar-refractivity contribution in [2.75, 3.05) is 30.9 Å². The van der Waals surface area contributed by atoms with Gasteiger partial charge in [0.05, 0.1) is 31.4 Å². The molecule has 2 heterocycles. The molecule has 0 aliphatic carbocycles. The van der Waals surface area contributed by atoms with Crippen LogP contribution in [0.2, 0.25) is 0 Å². The third-order valence-electron chi connectivity index (χ3n) is 5.58. The van der Waals surface area contributed by atoms with Crippen LogP contribution in [0.5, 0.6) is 11.6 Å². The minimum Gasteiger partial charge on any atom is -0.490 e. The second-order valence-corrected chi connectivity index (χ2v) is 8.40. The number of nitrogens with one attached hydrogen (secondary N) is 2. The molecule has 3 amide bonds. The number of methoxy groups -OCH3 is 1. The van der Waals surface area contributed by atoms with Gasteiger partial charge in [-0.15, -0.1) is 0 Å². The molecule has 1 fully saturated rings. The lowest BCUT2D eigenvalue weighted by molar-refractivity contribution is 0.102. The van der Waals surface area contributed by atoms with Gasteiger partial charge in [0.25, 0.3) is 5.91 Å². The molecule has 0 bridgehead atoms. The molecule has 1 aliphatic heterocycles. The van der Waals surface area contributed by atoms with Crippen LogP contribution >= 0.6 is 0 Å². The molecule has 1 aromatic carbocycles. The lowest BCUT2D eigenvalue weighted by Crippen LogP contribution is -2.40. The van der Waals surface area contributed by atoms with Gasteiger partial charge in [-0.2, -0.15) is 0 Å². The number of carbonyl (C=O) groups excluding carboxylic acids is 2. The van der Waals surface area contributed by atoms with Crippen molar-refractivity contribution in [2.45, 2.75) is 52.7 Å². The first-order valence-corrected chi connectivity index (χ1v) is 11.1. The molecule has 0 radical (unpaired) electrons. The number of nitrogens with zero attached hydrogens (tertiary/aromatic N) is 2. The van der Waals surface area contributed by atoms with Crippen molar-refractivity contribution in [1.29, 1.82) is 0 Å². The van der Waals surface area contributed by atoms with Gasteiger partial charge in [0.15, 0.2) is 0 Å². The summed E-state index contributed by atoms with van der Waals surface area (Å²) in [7, 11) is 1.49. The SMILES string of the molecule is COc1nccc(C)c1NC(=O)c1cc(C)c(NC(=O)N2CCC[C@@H]2CO)cc1OC(C)C. The summed E-state index contributed by atoms with van der Waals surface area (Å²) in [5.41, 5.74) is 2.88. The number of anilines is 2. The largest absolute Gasteiger partial charge is 0.490 e. The molecule has 3 rings (SSSR count). The summed E-state index contributed by atoms with van der Waals surface area (Å²) in [6.45, 7) is 7.93. The van der Waals surface area contributed by atoms with Gasteiger partial charge in [-0.25, -0.2) is 9.78 Å². The maximum Gasteiger partial charge on any atom is 0.322 e. The summed E-state index contributed by atoms with van der Waals surface area (Å²) in [6, 6.07) is 4.68. The fourth-order valence-corrected chi connectivity index (χ4v) is 3.85. The predicted molar refractivity (Wildman–Crippen MR) is 126 cm³/mol. The van der Waals surface area contributed by atoms with Gasteiger partial charge in [0.2, 0.25) is 5.88 Å². The van der Waals surface area contributed by atoms with E-state index in [2.05, 4.69) is 15.6 Å². The Balaban J connectivity index is 1.90. The molecule has 0 unspecified atom stereocenters. The summed E-state index contributed by atoms with van der Waals surface area (Å²) < 4.78 is 11.2. The van der Waals surface area contributed by atoms with E-state index in [1.807, 2.05) is 27.7 Å². The predicted octanol–water partition coefficient (Wildman–Crippen LogP) is 3.74. The number of ether oxygens (including phenoxy) is 2. The minimum absolute atomic E-state index is 0.0650. The fourth-order valence-electron chi connectivity index (χ4n) is 3.85. The number of aliphatic hydroxyl groups is 1. The molecule has 33 heavy (non-hydrogen) atoms. The number of urea groups is 1. The van der Waals surface area contributed by atoms with E-state index in [-0.39, 0.29) is 30.7 Å². The van der Waals surface area contributed by atoms with Crippen LogP contribution in [0, 0.1) is 13.8 Å². The third kappa shape index (κ3) is 5.54. The zero-order valence-corrected chi connectivity index (χ0v) is 19.8. The zero-order chi connectivity index (χ0) is 24.1. The molecule has 0 spiro atoms. The van der Waals surface area contributed by atoms with E-state index in [4.69, 9.17) is 9.47 Å². The average molecular weight is 457 g/mol. The van der Waals surface area contributed by atoms with Crippen molar-refractivity contribution in [2.24, 2.45) is 0 Å². The normalized spacial score (nSPS) is 15.5. The first kappa shape index (κ1) is 24.3. The summed E-state index contributed by atoms with van der Waals surface area (Å²) in [6.07, 6.45) is 3.06. The Morgan fingerprint density at radius 1 is 1.24 bits per heavy atom. The first-order valence-electron chi connectivity index (χ1n) is 11.1. The van der Waals surface area contributed by atoms with Gasteiger partial charge >= 0.3 is 6.03 Å². The van der Waals surface area contributed by atoms with Crippen molar-refractivity contribution in [1.82, 2.24) is 9.88 Å². The van der Waals surface area contributed by atoms with Crippen LogP contribution in [0.15, 0.2) is 24.4 Å². The van der Waals surface area contributed by atoms with E-state index in [9.17, 15) is 14.7 Å². The summed E-state index contributed by atoms with van der Waals surface area (Å²) in [5.74, 6) is 0.296. The maximum atomic E-state index is 13.2. The molecule has 178 valence electrons. The molecule has 1 saturated heterocycles. The van der Waals surface area contributed by atoms with Crippen molar-refractivity contribution < 1.29 is 24.2 Å². The topological polar surface area (TPSA) is 113 Å². The smallest absolute Gasteiger partial charge is 0.322 e. The van der Waals surface area contributed by atoms with Gasteiger partial charge in [-0.1, -0.05) is 0 Å². The number of pyridine rings is 1. The second kappa shape index (κ2) is 10.5. The number of aryl methyl sites for hydroxylation is 2. The number of carbonyl (C=O) groups is 2. The molecular weight excluding hydrogens is 424 g/mol. The summed E-state index contributed by atoms with van der Waals surface area (Å²) in [4.78, 5) is 31.8. The Labute approximate surface area is 194 Å².